The number of urea groups is 1. The van der Waals surface area contributed by atoms with Crippen molar-refractivity contribution in [2.75, 3.05) is 18.9 Å². The number of rotatable bonds is 4. The maximum atomic E-state index is 12.3. The number of likely N-dealkylation sites (N-methyl/N-ethyl adjacent to an activating group) is 1. The van der Waals surface area contributed by atoms with E-state index in [2.05, 4.69) is 15.4 Å². The summed E-state index contributed by atoms with van der Waals surface area (Å²) in [6.45, 7) is -0.862. The third-order valence-corrected chi connectivity index (χ3v) is 3.85. The summed E-state index contributed by atoms with van der Waals surface area (Å²) in [6.07, 6.45) is -0.435. The van der Waals surface area contributed by atoms with Gasteiger partial charge in [-0.1, -0.05) is 19.3 Å². The number of anilines is 1. The number of aliphatic hydroxyl groups excluding tert-OH is 1. The standard InChI is InChI=1S/C13H20F3N5O2/c1-20(7-10(22)13(14,15)16)12(23)18-11-17-8-21(19-11)9-5-3-2-4-6-9/h8-10,22H,2-7H2,1H3,(H,18,19,23). The lowest BCUT2D eigenvalue weighted by atomic mass is 9.96. The Balaban J connectivity index is 1.88. The van der Waals surface area contributed by atoms with E-state index in [-0.39, 0.29) is 12.0 Å². The van der Waals surface area contributed by atoms with Gasteiger partial charge in [-0.25, -0.2) is 14.5 Å². The van der Waals surface area contributed by atoms with Crippen molar-refractivity contribution in [2.45, 2.75) is 50.4 Å². The van der Waals surface area contributed by atoms with E-state index in [1.165, 1.54) is 12.7 Å². The Labute approximate surface area is 131 Å². The maximum absolute atomic E-state index is 12.3. The molecule has 0 bridgehead atoms. The number of carbonyl (C=O) groups is 1. The molecule has 1 aromatic rings. The van der Waals surface area contributed by atoms with Crippen molar-refractivity contribution in [1.82, 2.24) is 19.7 Å². The van der Waals surface area contributed by atoms with E-state index < -0.39 is 24.9 Å². The summed E-state index contributed by atoms with van der Waals surface area (Å²) in [5.74, 6) is 0.0360. The third-order valence-electron chi connectivity index (χ3n) is 3.85. The van der Waals surface area contributed by atoms with Crippen molar-refractivity contribution in [1.29, 1.82) is 0 Å². The first kappa shape index (κ1) is 17.5. The molecule has 0 spiro atoms. The summed E-state index contributed by atoms with van der Waals surface area (Å²) in [4.78, 5) is 16.5. The van der Waals surface area contributed by atoms with Gasteiger partial charge in [-0.3, -0.25) is 5.32 Å². The summed E-state index contributed by atoms with van der Waals surface area (Å²) in [7, 11) is 1.16. The number of nitrogens with one attached hydrogen (secondary N) is 1. The molecule has 1 aliphatic rings. The molecule has 1 aliphatic carbocycles. The minimum Gasteiger partial charge on any atom is -0.382 e. The molecule has 1 unspecified atom stereocenters. The first-order chi connectivity index (χ1) is 10.8. The van der Waals surface area contributed by atoms with Gasteiger partial charge in [0.25, 0.3) is 0 Å². The van der Waals surface area contributed by atoms with Gasteiger partial charge in [-0.05, 0) is 12.8 Å². The molecule has 1 saturated carbocycles. The van der Waals surface area contributed by atoms with Gasteiger partial charge in [0.05, 0.1) is 12.6 Å². The lowest BCUT2D eigenvalue weighted by molar-refractivity contribution is -0.205. The number of aliphatic hydroxyl groups is 1. The van der Waals surface area contributed by atoms with Crippen LogP contribution < -0.4 is 5.32 Å². The number of hydrogen-bond acceptors (Lipinski definition) is 4. The van der Waals surface area contributed by atoms with E-state index in [4.69, 9.17) is 5.11 Å². The normalized spacial score (nSPS) is 17.8. The fourth-order valence-electron chi connectivity index (χ4n) is 2.49. The fourth-order valence-corrected chi connectivity index (χ4v) is 2.49. The van der Waals surface area contributed by atoms with Crippen LogP contribution in [0.2, 0.25) is 0 Å². The van der Waals surface area contributed by atoms with E-state index in [1.54, 1.807) is 4.68 Å². The average Bonchev–Trinajstić information content (AvgIpc) is 2.95. The van der Waals surface area contributed by atoms with Gasteiger partial charge in [0.2, 0.25) is 5.95 Å². The third kappa shape index (κ3) is 4.81. The van der Waals surface area contributed by atoms with Gasteiger partial charge in [-0.2, -0.15) is 13.2 Å². The maximum Gasteiger partial charge on any atom is 0.416 e. The Morgan fingerprint density at radius 1 is 1.48 bits per heavy atom. The molecule has 0 radical (unpaired) electrons. The zero-order valence-electron chi connectivity index (χ0n) is 12.8. The molecule has 0 aliphatic heterocycles. The number of aromatic nitrogens is 3. The minimum absolute atomic E-state index is 0.0360. The van der Waals surface area contributed by atoms with E-state index in [0.29, 0.717) is 0 Å². The summed E-state index contributed by atoms with van der Waals surface area (Å²) in [5, 5.41) is 15.4. The van der Waals surface area contributed by atoms with Crippen LogP contribution in [0, 0.1) is 0 Å². The molecule has 1 heterocycles. The van der Waals surface area contributed by atoms with E-state index in [0.717, 1.165) is 37.6 Å². The molecule has 0 saturated heterocycles. The predicted molar refractivity (Wildman–Crippen MR) is 75.9 cm³/mol. The fraction of sp³-hybridized carbons (Fsp3) is 0.769. The quantitative estimate of drug-likeness (QED) is 0.883. The molecular formula is C13H20F3N5O2. The molecule has 2 rings (SSSR count). The Hall–Kier alpha value is -1.84. The SMILES string of the molecule is CN(CC(O)C(F)(F)F)C(=O)Nc1ncn(C2CCCCC2)n1. The van der Waals surface area contributed by atoms with Crippen molar-refractivity contribution in [3.05, 3.63) is 6.33 Å². The number of halogens is 3. The second-order valence-electron chi connectivity index (χ2n) is 5.71. The van der Waals surface area contributed by atoms with Crippen molar-refractivity contribution in [2.24, 2.45) is 0 Å². The monoisotopic (exact) mass is 335 g/mol. The zero-order chi connectivity index (χ0) is 17.0. The lowest BCUT2D eigenvalue weighted by Crippen LogP contribution is -2.43. The minimum atomic E-state index is -4.77. The number of hydrogen-bond donors (Lipinski definition) is 2. The Bertz CT molecular complexity index is 528. The van der Waals surface area contributed by atoms with Crippen LogP contribution in [0.1, 0.15) is 38.1 Å². The molecule has 23 heavy (non-hydrogen) atoms. The van der Waals surface area contributed by atoms with Crippen molar-refractivity contribution >= 4 is 12.0 Å². The summed E-state index contributed by atoms with van der Waals surface area (Å²) >= 11 is 0. The van der Waals surface area contributed by atoms with Crippen molar-refractivity contribution in [3.8, 4) is 0 Å². The molecule has 7 nitrogen and oxygen atoms in total. The number of alkyl halides is 3. The topological polar surface area (TPSA) is 83.3 Å². The molecule has 2 N–H and O–H groups in total. The van der Waals surface area contributed by atoms with Crippen LogP contribution >= 0.6 is 0 Å². The average molecular weight is 335 g/mol. The van der Waals surface area contributed by atoms with Crippen LogP contribution in [0.3, 0.4) is 0 Å². The van der Waals surface area contributed by atoms with Crippen molar-refractivity contribution < 1.29 is 23.1 Å². The predicted octanol–water partition coefficient (Wildman–Crippen LogP) is 2.17. The van der Waals surface area contributed by atoms with Gasteiger partial charge >= 0.3 is 12.2 Å². The zero-order valence-corrected chi connectivity index (χ0v) is 12.8. The second-order valence-corrected chi connectivity index (χ2v) is 5.71. The first-order valence-corrected chi connectivity index (χ1v) is 7.45. The highest BCUT2D eigenvalue weighted by atomic mass is 19.4. The first-order valence-electron chi connectivity index (χ1n) is 7.45. The van der Waals surface area contributed by atoms with Crippen LogP contribution in [-0.2, 0) is 0 Å². The molecular weight excluding hydrogens is 315 g/mol. The largest absolute Gasteiger partial charge is 0.416 e. The van der Waals surface area contributed by atoms with Crippen LogP contribution in [0.5, 0.6) is 0 Å². The number of amides is 2. The molecule has 1 atom stereocenters. The highest BCUT2D eigenvalue weighted by Gasteiger charge is 2.39. The van der Waals surface area contributed by atoms with E-state index in [9.17, 15) is 18.0 Å². The highest BCUT2D eigenvalue weighted by Crippen LogP contribution is 2.27. The molecule has 1 fully saturated rings. The summed E-state index contributed by atoms with van der Waals surface area (Å²) < 4.78 is 38.5. The van der Waals surface area contributed by atoms with Gasteiger partial charge < -0.3 is 10.0 Å². The lowest BCUT2D eigenvalue weighted by Gasteiger charge is -2.22. The van der Waals surface area contributed by atoms with Gasteiger partial charge in [0.1, 0.15) is 6.33 Å². The second kappa shape index (κ2) is 7.16. The summed E-state index contributed by atoms with van der Waals surface area (Å²) in [6, 6.07) is -0.568. The number of nitrogens with zero attached hydrogens (tertiary/aromatic N) is 4. The molecule has 0 aromatic carbocycles. The molecule has 2 amide bonds. The van der Waals surface area contributed by atoms with Crippen LogP contribution in [-0.4, -0.2) is 56.7 Å². The smallest absolute Gasteiger partial charge is 0.382 e. The molecule has 10 heteroatoms. The van der Waals surface area contributed by atoms with E-state index in [1.807, 2.05) is 0 Å². The Morgan fingerprint density at radius 3 is 2.74 bits per heavy atom. The van der Waals surface area contributed by atoms with Gasteiger partial charge in [0, 0.05) is 7.05 Å². The summed E-state index contributed by atoms with van der Waals surface area (Å²) in [5.41, 5.74) is 0. The number of carbonyl (C=O) groups excluding carboxylic acids is 1. The van der Waals surface area contributed by atoms with Crippen LogP contribution in [0.15, 0.2) is 6.33 Å². The molecule has 130 valence electrons. The highest BCUT2D eigenvalue weighted by molar-refractivity contribution is 5.87. The molecule has 1 aromatic heterocycles. The Kier molecular flexibility index (Phi) is 5.45. The van der Waals surface area contributed by atoms with Crippen LogP contribution in [0.25, 0.3) is 0 Å². The van der Waals surface area contributed by atoms with E-state index >= 15 is 0 Å². The van der Waals surface area contributed by atoms with Gasteiger partial charge in [0.15, 0.2) is 6.10 Å². The van der Waals surface area contributed by atoms with Crippen LogP contribution in [0.4, 0.5) is 23.9 Å². The van der Waals surface area contributed by atoms with Gasteiger partial charge in [-0.15, -0.1) is 5.10 Å². The Morgan fingerprint density at radius 2 is 2.13 bits per heavy atom. The van der Waals surface area contributed by atoms with Crippen molar-refractivity contribution in [3.63, 3.8) is 0 Å².